The fraction of sp³-hybridized carbons (Fsp3) is 0.462. The molecule has 1 N–H and O–H groups in total. The molecule has 9 nitrogen and oxygen atoms in total. The minimum atomic E-state index is -0.892. The van der Waals surface area contributed by atoms with Crippen LogP contribution < -0.4 is 9.47 Å². The van der Waals surface area contributed by atoms with Crippen LogP contribution in [0.1, 0.15) is 23.8 Å². The smallest absolute Gasteiger partial charge is 0.317 e. The Hall–Kier alpha value is -2.55. The standard InChI is InChI=1S/C13H17N3O6/c1-3-20-7-5-10(17)21-8-22-12-9(19-2)4-6-15-11(12)13(18)16-14/h4,6,14H,3,5,7-8H2,1-2H3. The number of esters is 1. The summed E-state index contributed by atoms with van der Waals surface area (Å²) in [5, 5.41) is 2.78. The maximum absolute atomic E-state index is 11.5. The lowest BCUT2D eigenvalue weighted by molar-refractivity contribution is -0.151. The van der Waals surface area contributed by atoms with Gasteiger partial charge in [0.05, 0.1) is 20.1 Å². The van der Waals surface area contributed by atoms with Crippen LogP contribution in [0.15, 0.2) is 17.4 Å². The molecule has 0 radical (unpaired) electrons. The Labute approximate surface area is 127 Å². The molecule has 22 heavy (non-hydrogen) atoms. The quantitative estimate of drug-likeness (QED) is 0.318. The highest BCUT2D eigenvalue weighted by atomic mass is 16.7. The number of methoxy groups -OCH3 is 1. The Balaban J connectivity index is 2.66. The second kappa shape index (κ2) is 9.40. The third kappa shape index (κ3) is 5.09. The van der Waals surface area contributed by atoms with E-state index in [0.717, 1.165) is 0 Å². The number of hydrogen-bond donors (Lipinski definition) is 1. The Bertz CT molecular complexity index is 535. The third-order valence-electron chi connectivity index (χ3n) is 2.47. The Morgan fingerprint density at radius 2 is 2.18 bits per heavy atom. The molecule has 0 saturated carbocycles. The van der Waals surface area contributed by atoms with Gasteiger partial charge in [-0.2, -0.15) is 0 Å². The maximum atomic E-state index is 11.5. The highest BCUT2D eigenvalue weighted by molar-refractivity contribution is 5.95. The van der Waals surface area contributed by atoms with E-state index in [-0.39, 0.29) is 30.2 Å². The molecule has 0 fully saturated rings. The summed E-state index contributed by atoms with van der Waals surface area (Å²) in [6.45, 7) is 2.16. The number of carbonyl (C=O) groups is 2. The first-order chi connectivity index (χ1) is 10.6. The van der Waals surface area contributed by atoms with Crippen molar-refractivity contribution in [1.29, 1.82) is 5.53 Å². The van der Waals surface area contributed by atoms with Crippen molar-refractivity contribution < 1.29 is 28.5 Å². The van der Waals surface area contributed by atoms with Gasteiger partial charge in [-0.05, 0) is 6.92 Å². The fourth-order valence-electron chi connectivity index (χ4n) is 1.46. The van der Waals surface area contributed by atoms with E-state index >= 15 is 0 Å². The van der Waals surface area contributed by atoms with Gasteiger partial charge >= 0.3 is 11.9 Å². The van der Waals surface area contributed by atoms with Gasteiger partial charge in [0.2, 0.25) is 6.79 Å². The third-order valence-corrected chi connectivity index (χ3v) is 2.47. The average Bonchev–Trinajstić information content (AvgIpc) is 2.54. The second-order valence-electron chi connectivity index (χ2n) is 3.83. The van der Waals surface area contributed by atoms with Gasteiger partial charge in [0.1, 0.15) is 0 Å². The van der Waals surface area contributed by atoms with Crippen LogP contribution in [-0.4, -0.2) is 44.0 Å². The predicted octanol–water partition coefficient (Wildman–Crippen LogP) is 1.57. The number of amides is 1. The van der Waals surface area contributed by atoms with Crippen LogP contribution in [0.2, 0.25) is 0 Å². The molecule has 0 bridgehead atoms. The molecule has 1 rings (SSSR count). The van der Waals surface area contributed by atoms with Crippen molar-refractivity contribution in [2.75, 3.05) is 27.1 Å². The zero-order valence-electron chi connectivity index (χ0n) is 12.3. The molecule has 1 aromatic heterocycles. The molecule has 1 heterocycles. The first-order valence-corrected chi connectivity index (χ1v) is 6.45. The number of ether oxygens (including phenoxy) is 4. The molecule has 1 amide bonds. The summed E-state index contributed by atoms with van der Waals surface area (Å²) < 4.78 is 20.1. The lowest BCUT2D eigenvalue weighted by Crippen LogP contribution is -2.14. The van der Waals surface area contributed by atoms with E-state index in [4.69, 9.17) is 24.5 Å². The molecule has 0 saturated heterocycles. The molecule has 1 aromatic rings. The molecular weight excluding hydrogens is 294 g/mol. The summed E-state index contributed by atoms with van der Waals surface area (Å²) in [5.74, 6) is -1.22. The van der Waals surface area contributed by atoms with E-state index in [9.17, 15) is 9.59 Å². The largest absolute Gasteiger partial charge is 0.493 e. The summed E-state index contributed by atoms with van der Waals surface area (Å²) >= 11 is 0. The van der Waals surface area contributed by atoms with E-state index in [0.29, 0.717) is 6.61 Å². The summed E-state index contributed by atoms with van der Waals surface area (Å²) in [5.41, 5.74) is 6.56. The number of pyridine rings is 1. The van der Waals surface area contributed by atoms with Crippen LogP contribution in [0.25, 0.3) is 0 Å². The molecule has 0 spiro atoms. The van der Waals surface area contributed by atoms with Crippen LogP contribution in [0.5, 0.6) is 11.5 Å². The van der Waals surface area contributed by atoms with Crippen molar-refractivity contribution in [3.8, 4) is 11.5 Å². The van der Waals surface area contributed by atoms with Gasteiger partial charge in [-0.15, -0.1) is 5.11 Å². The highest BCUT2D eigenvalue weighted by Crippen LogP contribution is 2.29. The minimum Gasteiger partial charge on any atom is -0.493 e. The molecule has 0 aromatic carbocycles. The molecule has 0 aliphatic heterocycles. The predicted molar refractivity (Wildman–Crippen MR) is 73.0 cm³/mol. The SMILES string of the molecule is CCOCCC(=O)OCOc1c(OC)ccnc1C(=O)N=N. The van der Waals surface area contributed by atoms with Gasteiger partial charge in [-0.25, -0.2) is 10.5 Å². The molecule has 0 aliphatic rings. The monoisotopic (exact) mass is 311 g/mol. The molecule has 0 aliphatic carbocycles. The summed E-state index contributed by atoms with van der Waals surface area (Å²) in [6.07, 6.45) is 1.41. The van der Waals surface area contributed by atoms with Gasteiger partial charge in [0.15, 0.2) is 17.2 Å². The van der Waals surface area contributed by atoms with E-state index < -0.39 is 18.7 Å². The van der Waals surface area contributed by atoms with Crippen LogP contribution in [0.3, 0.4) is 0 Å². The number of aromatic nitrogens is 1. The normalized spacial score (nSPS) is 9.91. The summed E-state index contributed by atoms with van der Waals surface area (Å²) in [4.78, 5) is 26.7. The van der Waals surface area contributed by atoms with Gasteiger partial charge in [0, 0.05) is 18.9 Å². The molecule has 9 heteroatoms. The number of rotatable bonds is 9. The first-order valence-electron chi connectivity index (χ1n) is 6.45. The van der Waals surface area contributed by atoms with Crippen LogP contribution in [0.4, 0.5) is 0 Å². The van der Waals surface area contributed by atoms with E-state index in [2.05, 4.69) is 10.1 Å². The minimum absolute atomic E-state index is 0.0383. The molecular formula is C13H17N3O6. The van der Waals surface area contributed by atoms with Gasteiger partial charge in [0.25, 0.3) is 0 Å². The van der Waals surface area contributed by atoms with Crippen molar-refractivity contribution >= 4 is 11.9 Å². The number of carbonyl (C=O) groups excluding carboxylic acids is 2. The van der Waals surface area contributed by atoms with Crippen LogP contribution in [-0.2, 0) is 14.3 Å². The van der Waals surface area contributed by atoms with Crippen molar-refractivity contribution in [3.05, 3.63) is 18.0 Å². The molecule has 0 unspecified atom stereocenters. The van der Waals surface area contributed by atoms with Crippen molar-refractivity contribution in [3.63, 3.8) is 0 Å². The van der Waals surface area contributed by atoms with Gasteiger partial charge < -0.3 is 18.9 Å². The average molecular weight is 311 g/mol. The topological polar surface area (TPSA) is 120 Å². The van der Waals surface area contributed by atoms with Gasteiger partial charge in [-0.1, -0.05) is 0 Å². The van der Waals surface area contributed by atoms with E-state index in [1.54, 1.807) is 0 Å². The zero-order valence-corrected chi connectivity index (χ0v) is 12.3. The van der Waals surface area contributed by atoms with Crippen LogP contribution in [0, 0.1) is 5.53 Å². The maximum Gasteiger partial charge on any atom is 0.317 e. The molecule has 120 valence electrons. The second-order valence-corrected chi connectivity index (χ2v) is 3.83. The van der Waals surface area contributed by atoms with Gasteiger partial charge in [-0.3, -0.25) is 9.59 Å². The number of hydrogen-bond acceptors (Lipinski definition) is 8. The lowest BCUT2D eigenvalue weighted by Gasteiger charge is -2.12. The van der Waals surface area contributed by atoms with Crippen molar-refractivity contribution in [1.82, 2.24) is 4.98 Å². The Morgan fingerprint density at radius 1 is 1.41 bits per heavy atom. The van der Waals surface area contributed by atoms with E-state index in [1.165, 1.54) is 19.4 Å². The van der Waals surface area contributed by atoms with Crippen LogP contribution >= 0.6 is 0 Å². The highest BCUT2D eigenvalue weighted by Gasteiger charge is 2.19. The van der Waals surface area contributed by atoms with E-state index in [1.807, 2.05) is 6.92 Å². The summed E-state index contributed by atoms with van der Waals surface area (Å²) in [7, 11) is 1.38. The number of nitrogens with zero attached hydrogens (tertiary/aromatic N) is 2. The van der Waals surface area contributed by atoms with Crippen molar-refractivity contribution in [2.24, 2.45) is 5.11 Å². The summed E-state index contributed by atoms with van der Waals surface area (Å²) in [6, 6.07) is 1.47. The fourth-order valence-corrected chi connectivity index (χ4v) is 1.46. The number of nitrogens with one attached hydrogen (secondary N) is 1. The first kappa shape index (κ1) is 17.5. The Morgan fingerprint density at radius 3 is 2.82 bits per heavy atom. The van der Waals surface area contributed by atoms with Crippen molar-refractivity contribution in [2.45, 2.75) is 13.3 Å². The zero-order chi connectivity index (χ0) is 16.4. The molecule has 0 atom stereocenters. The Kier molecular flexibility index (Phi) is 7.48. The lowest BCUT2D eigenvalue weighted by atomic mass is 10.3.